The van der Waals surface area contributed by atoms with Crippen molar-refractivity contribution >= 4 is 11.9 Å². The number of hydrogen-bond acceptors (Lipinski definition) is 9. The van der Waals surface area contributed by atoms with Gasteiger partial charge in [0.05, 0.1) is 19.3 Å². The minimum absolute atomic E-state index is 0.0514. The van der Waals surface area contributed by atoms with Gasteiger partial charge in [-0.25, -0.2) is 23.5 Å². The van der Waals surface area contributed by atoms with E-state index in [1.54, 1.807) is 12.4 Å². The number of aryl methyl sites for hydroxylation is 1. The molecule has 0 amide bonds. The Bertz CT molecular complexity index is 1140. The third kappa shape index (κ3) is 6.13. The van der Waals surface area contributed by atoms with Crippen LogP contribution in [0.1, 0.15) is 55.3 Å². The second-order valence-corrected chi connectivity index (χ2v) is 8.71. The van der Waals surface area contributed by atoms with E-state index in [0.717, 1.165) is 76.4 Å². The lowest BCUT2D eigenvalue weighted by molar-refractivity contribution is 0.0589. The third-order valence-corrected chi connectivity index (χ3v) is 6.16. The van der Waals surface area contributed by atoms with Gasteiger partial charge in [-0.15, -0.1) is 0 Å². The molecule has 0 atom stereocenters. The Morgan fingerprint density at radius 1 is 1.17 bits per heavy atom. The fourth-order valence-electron chi connectivity index (χ4n) is 4.20. The summed E-state index contributed by atoms with van der Waals surface area (Å²) in [7, 11) is 1.07. The highest BCUT2D eigenvalue weighted by molar-refractivity contribution is 5.90. The number of aromatic nitrogens is 4. The summed E-state index contributed by atoms with van der Waals surface area (Å²) in [6.07, 6.45) is 8.80. The van der Waals surface area contributed by atoms with Gasteiger partial charge in [0.1, 0.15) is 22.9 Å². The highest BCUT2D eigenvalue weighted by Crippen LogP contribution is 2.26. The Labute approximate surface area is 207 Å². The number of carbonyl (C=O) groups is 1. The van der Waals surface area contributed by atoms with E-state index in [9.17, 15) is 13.6 Å². The minimum Gasteiger partial charge on any atom is -0.493 e. The lowest BCUT2D eigenvalue weighted by Crippen LogP contribution is -2.34. The molecule has 1 saturated heterocycles. The first-order valence-corrected chi connectivity index (χ1v) is 12.1. The van der Waals surface area contributed by atoms with E-state index < -0.39 is 23.2 Å². The molecule has 0 saturated carbocycles. The molecule has 0 aliphatic carbocycles. The normalized spacial score (nSPS) is 14.2. The molecule has 1 aliphatic heterocycles. The quantitative estimate of drug-likeness (QED) is 0.291. The van der Waals surface area contributed by atoms with Gasteiger partial charge in [-0.3, -0.25) is 0 Å². The molecule has 1 fully saturated rings. The summed E-state index contributed by atoms with van der Waals surface area (Å²) in [5.41, 5.74) is 0.00518. The number of anilines is 1. The molecule has 11 heteroatoms. The van der Waals surface area contributed by atoms with E-state index >= 15 is 0 Å². The summed E-state index contributed by atoms with van der Waals surface area (Å²) < 4.78 is 43.2. The number of carbonyl (C=O) groups excluding carboxylic acids is 1. The highest BCUT2D eigenvalue weighted by Gasteiger charge is 2.22. The number of hydrogen-bond donors (Lipinski definition) is 0. The van der Waals surface area contributed by atoms with Crippen LogP contribution in [0.2, 0.25) is 0 Å². The molecule has 2 aromatic heterocycles. The van der Waals surface area contributed by atoms with Gasteiger partial charge < -0.3 is 18.9 Å². The van der Waals surface area contributed by atoms with Crippen molar-refractivity contribution in [3.05, 3.63) is 47.6 Å². The summed E-state index contributed by atoms with van der Waals surface area (Å²) in [4.78, 5) is 26.9. The minimum atomic E-state index is -1.06. The number of ether oxygens (including phenoxy) is 2. The maximum atomic E-state index is 14.0. The second-order valence-electron chi connectivity index (χ2n) is 8.71. The van der Waals surface area contributed by atoms with Crippen LogP contribution < -0.4 is 9.64 Å². The van der Waals surface area contributed by atoms with Crippen molar-refractivity contribution < 1.29 is 27.6 Å². The second kappa shape index (κ2) is 11.9. The first kappa shape index (κ1) is 25.5. The summed E-state index contributed by atoms with van der Waals surface area (Å²) in [6.45, 7) is 4.08. The standard InChI is InChI=1S/C25H29F2N5O4/c1-3-5-21-30-23(31-36-21)17-14-28-25(29-15-17)32-9-7-16(8-10-32)6-4-11-35-18-12-19(26)22(20(27)13-18)24(33)34-2/h12-16H,3-11H2,1-2H3. The Hall–Kier alpha value is -3.63. The lowest BCUT2D eigenvalue weighted by atomic mass is 9.92. The zero-order valence-electron chi connectivity index (χ0n) is 20.4. The summed E-state index contributed by atoms with van der Waals surface area (Å²) in [5.74, 6) is -0.702. The van der Waals surface area contributed by atoms with Crippen LogP contribution in [0, 0.1) is 17.6 Å². The van der Waals surface area contributed by atoms with Crippen molar-refractivity contribution in [3.8, 4) is 17.1 Å². The third-order valence-electron chi connectivity index (χ3n) is 6.16. The number of benzene rings is 1. The number of rotatable bonds is 10. The molecule has 3 heterocycles. The number of piperidine rings is 1. The van der Waals surface area contributed by atoms with E-state index in [1.807, 2.05) is 0 Å². The topological polar surface area (TPSA) is 103 Å². The Balaban J connectivity index is 1.20. The molecule has 1 aromatic carbocycles. The van der Waals surface area contributed by atoms with Crippen LogP contribution >= 0.6 is 0 Å². The highest BCUT2D eigenvalue weighted by atomic mass is 19.1. The Morgan fingerprint density at radius 3 is 2.50 bits per heavy atom. The van der Waals surface area contributed by atoms with Gasteiger partial charge in [-0.2, -0.15) is 4.98 Å². The molecule has 9 nitrogen and oxygen atoms in total. The van der Waals surface area contributed by atoms with Gasteiger partial charge in [-0.05, 0) is 38.0 Å². The van der Waals surface area contributed by atoms with Gasteiger partial charge >= 0.3 is 5.97 Å². The number of esters is 1. The van der Waals surface area contributed by atoms with Crippen molar-refractivity contribution in [2.75, 3.05) is 31.7 Å². The Kier molecular flexibility index (Phi) is 8.40. The van der Waals surface area contributed by atoms with Crippen molar-refractivity contribution in [2.24, 2.45) is 5.92 Å². The molecular formula is C25H29F2N5O4. The van der Waals surface area contributed by atoms with E-state index in [-0.39, 0.29) is 5.75 Å². The van der Waals surface area contributed by atoms with Gasteiger partial charge in [0.25, 0.3) is 0 Å². The predicted molar refractivity (Wildman–Crippen MR) is 127 cm³/mol. The average molecular weight is 502 g/mol. The maximum absolute atomic E-state index is 14.0. The fourth-order valence-corrected chi connectivity index (χ4v) is 4.20. The molecule has 0 N–H and O–H groups in total. The Morgan fingerprint density at radius 2 is 1.86 bits per heavy atom. The van der Waals surface area contributed by atoms with E-state index in [0.29, 0.717) is 30.2 Å². The molecule has 0 radical (unpaired) electrons. The molecule has 1 aliphatic rings. The van der Waals surface area contributed by atoms with Gasteiger partial charge in [0, 0.05) is 44.0 Å². The van der Waals surface area contributed by atoms with Gasteiger partial charge in [0.15, 0.2) is 0 Å². The largest absolute Gasteiger partial charge is 0.493 e. The lowest BCUT2D eigenvalue weighted by Gasteiger charge is -2.32. The number of methoxy groups -OCH3 is 1. The summed E-state index contributed by atoms with van der Waals surface area (Å²) in [5, 5.41) is 3.99. The maximum Gasteiger partial charge on any atom is 0.343 e. The molecule has 4 rings (SSSR count). The first-order chi connectivity index (χ1) is 17.5. The van der Waals surface area contributed by atoms with Gasteiger partial charge in [-0.1, -0.05) is 12.1 Å². The van der Waals surface area contributed by atoms with Crippen LogP contribution in [0.25, 0.3) is 11.4 Å². The van der Waals surface area contributed by atoms with Crippen LogP contribution in [-0.2, 0) is 11.2 Å². The van der Waals surface area contributed by atoms with E-state index in [1.165, 1.54) is 0 Å². The van der Waals surface area contributed by atoms with Crippen molar-refractivity contribution in [2.45, 2.75) is 45.4 Å². The molecular weight excluding hydrogens is 472 g/mol. The molecule has 0 unspecified atom stereocenters. The zero-order valence-corrected chi connectivity index (χ0v) is 20.4. The van der Waals surface area contributed by atoms with Crippen LogP contribution in [-0.4, -0.2) is 52.9 Å². The van der Waals surface area contributed by atoms with E-state index in [4.69, 9.17) is 9.26 Å². The van der Waals surface area contributed by atoms with Crippen LogP contribution in [0.3, 0.4) is 0 Å². The fraction of sp³-hybridized carbons (Fsp3) is 0.480. The van der Waals surface area contributed by atoms with E-state index in [2.05, 4.69) is 36.7 Å². The molecule has 0 spiro atoms. The summed E-state index contributed by atoms with van der Waals surface area (Å²) >= 11 is 0. The zero-order chi connectivity index (χ0) is 25.5. The predicted octanol–water partition coefficient (Wildman–Crippen LogP) is 4.62. The van der Waals surface area contributed by atoms with Gasteiger partial charge in [0.2, 0.25) is 17.7 Å². The number of nitrogens with zero attached hydrogens (tertiary/aromatic N) is 5. The molecule has 0 bridgehead atoms. The van der Waals surface area contributed by atoms with Crippen molar-refractivity contribution in [1.29, 1.82) is 0 Å². The van der Waals surface area contributed by atoms with Crippen LogP contribution in [0.4, 0.5) is 14.7 Å². The summed E-state index contributed by atoms with van der Waals surface area (Å²) in [6, 6.07) is 2.00. The molecule has 3 aromatic rings. The molecule has 36 heavy (non-hydrogen) atoms. The first-order valence-electron chi connectivity index (χ1n) is 12.1. The van der Waals surface area contributed by atoms with Crippen molar-refractivity contribution in [3.63, 3.8) is 0 Å². The van der Waals surface area contributed by atoms with Crippen LogP contribution in [0.5, 0.6) is 5.75 Å². The molecule has 192 valence electrons. The van der Waals surface area contributed by atoms with Crippen LogP contribution in [0.15, 0.2) is 29.0 Å². The smallest absolute Gasteiger partial charge is 0.343 e. The monoisotopic (exact) mass is 501 g/mol. The van der Waals surface area contributed by atoms with Crippen molar-refractivity contribution in [1.82, 2.24) is 20.1 Å². The number of halogens is 2. The SMILES string of the molecule is CCCc1nc(-c2cnc(N3CCC(CCCOc4cc(F)c(C(=O)OC)c(F)c4)CC3)nc2)no1. The average Bonchev–Trinajstić information content (AvgIpc) is 3.35.